The lowest BCUT2D eigenvalue weighted by Gasteiger charge is -2.07. The van der Waals surface area contributed by atoms with E-state index in [1.165, 1.54) is 6.07 Å². The fourth-order valence-electron chi connectivity index (χ4n) is 1.95. The molecule has 0 radical (unpaired) electrons. The zero-order chi connectivity index (χ0) is 15.4. The molecule has 2 rings (SSSR count). The van der Waals surface area contributed by atoms with Crippen molar-refractivity contribution in [2.24, 2.45) is 0 Å². The minimum atomic E-state index is -0.984. The number of carboxylic acid groups (broad SMARTS) is 1. The molecule has 6 nitrogen and oxygen atoms in total. The Labute approximate surface area is 126 Å². The van der Waals surface area contributed by atoms with Gasteiger partial charge in [0, 0.05) is 5.69 Å². The maximum absolute atomic E-state index is 12.2. The third kappa shape index (κ3) is 3.43. The summed E-state index contributed by atoms with van der Waals surface area (Å²) < 4.78 is 3.81. The minimum absolute atomic E-state index is 0.221. The van der Waals surface area contributed by atoms with Gasteiger partial charge in [0.2, 0.25) is 0 Å². The Balaban J connectivity index is 2.18. The molecule has 0 atom stereocenters. The van der Waals surface area contributed by atoms with Crippen LogP contribution in [0.15, 0.2) is 18.2 Å². The third-order valence-electron chi connectivity index (χ3n) is 2.96. The van der Waals surface area contributed by atoms with Gasteiger partial charge in [0.05, 0.1) is 11.3 Å². The minimum Gasteiger partial charge on any atom is -0.478 e. The summed E-state index contributed by atoms with van der Waals surface area (Å²) in [4.78, 5) is 23.7. The van der Waals surface area contributed by atoms with Crippen molar-refractivity contribution in [2.75, 3.05) is 5.32 Å². The number of aromatic carboxylic acids is 1. The second kappa shape index (κ2) is 6.45. The molecular formula is C14H15N3O3S. The van der Waals surface area contributed by atoms with E-state index in [0.29, 0.717) is 28.2 Å². The number of nitrogens with one attached hydrogen (secondary N) is 1. The quantitative estimate of drug-likeness (QED) is 0.886. The van der Waals surface area contributed by atoms with E-state index >= 15 is 0 Å². The highest BCUT2D eigenvalue weighted by Crippen LogP contribution is 2.18. The van der Waals surface area contributed by atoms with Crippen LogP contribution in [0, 0.1) is 6.92 Å². The molecule has 0 saturated carbocycles. The van der Waals surface area contributed by atoms with Crippen molar-refractivity contribution < 1.29 is 14.7 Å². The molecule has 1 amide bonds. The van der Waals surface area contributed by atoms with Gasteiger partial charge >= 0.3 is 5.97 Å². The van der Waals surface area contributed by atoms with E-state index in [1.54, 1.807) is 19.1 Å². The highest BCUT2D eigenvalue weighted by atomic mass is 32.1. The normalized spacial score (nSPS) is 10.4. The Kier molecular flexibility index (Phi) is 4.64. The number of nitrogens with zero attached hydrogens (tertiary/aromatic N) is 2. The summed E-state index contributed by atoms with van der Waals surface area (Å²) in [5.41, 5.74) is 2.06. The van der Waals surface area contributed by atoms with Gasteiger partial charge in [0.1, 0.15) is 4.88 Å². The van der Waals surface area contributed by atoms with Gasteiger partial charge in [-0.1, -0.05) is 17.8 Å². The summed E-state index contributed by atoms with van der Waals surface area (Å²) in [6.45, 7) is 3.70. The first-order valence-corrected chi connectivity index (χ1v) is 7.26. The Hall–Kier alpha value is -2.28. The van der Waals surface area contributed by atoms with E-state index in [0.717, 1.165) is 18.0 Å². The van der Waals surface area contributed by atoms with E-state index in [1.807, 2.05) is 6.92 Å². The van der Waals surface area contributed by atoms with Crippen LogP contribution in [0.25, 0.3) is 0 Å². The highest BCUT2D eigenvalue weighted by Gasteiger charge is 2.16. The summed E-state index contributed by atoms with van der Waals surface area (Å²) in [6.07, 6.45) is 1.59. The fraction of sp³-hybridized carbons (Fsp3) is 0.286. The van der Waals surface area contributed by atoms with Crippen LogP contribution in [0.5, 0.6) is 0 Å². The molecule has 1 aromatic carbocycles. The van der Waals surface area contributed by atoms with Crippen LogP contribution in [0.1, 0.15) is 44.6 Å². The molecule has 7 heteroatoms. The summed E-state index contributed by atoms with van der Waals surface area (Å²) in [5.74, 6) is -1.25. The van der Waals surface area contributed by atoms with Crippen LogP contribution in [-0.2, 0) is 6.42 Å². The van der Waals surface area contributed by atoms with Crippen LogP contribution in [0.4, 0.5) is 5.69 Å². The van der Waals surface area contributed by atoms with Crippen molar-refractivity contribution in [2.45, 2.75) is 26.7 Å². The van der Waals surface area contributed by atoms with Crippen molar-refractivity contribution in [3.8, 4) is 0 Å². The number of anilines is 1. The van der Waals surface area contributed by atoms with Gasteiger partial charge in [-0.05, 0) is 48.6 Å². The lowest BCUT2D eigenvalue weighted by Crippen LogP contribution is -2.13. The average Bonchev–Trinajstić information content (AvgIpc) is 2.87. The molecule has 0 aliphatic rings. The number of carbonyl (C=O) groups is 2. The van der Waals surface area contributed by atoms with Gasteiger partial charge in [-0.15, -0.1) is 5.10 Å². The highest BCUT2D eigenvalue weighted by molar-refractivity contribution is 7.08. The number of rotatable bonds is 5. The molecule has 0 unspecified atom stereocenters. The van der Waals surface area contributed by atoms with Gasteiger partial charge in [-0.3, -0.25) is 4.79 Å². The first-order valence-electron chi connectivity index (χ1n) is 6.49. The monoisotopic (exact) mass is 305 g/mol. The van der Waals surface area contributed by atoms with Gasteiger partial charge in [-0.2, -0.15) is 0 Å². The van der Waals surface area contributed by atoms with Crippen molar-refractivity contribution in [1.82, 2.24) is 9.59 Å². The van der Waals surface area contributed by atoms with E-state index in [2.05, 4.69) is 14.9 Å². The standard InChI is InChI=1S/C14H15N3O3S/c1-3-4-11-12(21-17-16-11)13(18)15-9-5-6-10(14(19)20)8(2)7-9/h5-7H,3-4H2,1-2H3,(H,15,18)(H,19,20). The number of hydrogen-bond acceptors (Lipinski definition) is 5. The van der Waals surface area contributed by atoms with Gasteiger partial charge in [-0.25, -0.2) is 4.79 Å². The molecular weight excluding hydrogens is 290 g/mol. The summed E-state index contributed by atoms with van der Waals surface area (Å²) in [6, 6.07) is 4.68. The molecule has 1 aromatic heterocycles. The van der Waals surface area contributed by atoms with Crippen LogP contribution < -0.4 is 5.32 Å². The first kappa shape index (κ1) is 15.1. The molecule has 1 heterocycles. The van der Waals surface area contributed by atoms with E-state index in [-0.39, 0.29) is 11.5 Å². The summed E-state index contributed by atoms with van der Waals surface area (Å²) in [5, 5.41) is 15.7. The van der Waals surface area contributed by atoms with Gasteiger partial charge in [0.15, 0.2) is 0 Å². The van der Waals surface area contributed by atoms with Crippen LogP contribution in [0.3, 0.4) is 0 Å². The third-order valence-corrected chi connectivity index (χ3v) is 3.73. The second-order valence-electron chi connectivity index (χ2n) is 4.59. The maximum atomic E-state index is 12.2. The average molecular weight is 305 g/mol. The Bertz CT molecular complexity index is 682. The van der Waals surface area contributed by atoms with Gasteiger partial charge < -0.3 is 10.4 Å². The fourth-order valence-corrected chi connectivity index (χ4v) is 2.55. The number of aromatic nitrogens is 2. The Morgan fingerprint density at radius 2 is 2.14 bits per heavy atom. The smallest absolute Gasteiger partial charge is 0.335 e. The van der Waals surface area contributed by atoms with Crippen LogP contribution >= 0.6 is 11.5 Å². The predicted octanol–water partition coefficient (Wildman–Crippen LogP) is 2.75. The molecule has 0 spiro atoms. The van der Waals surface area contributed by atoms with Crippen LogP contribution in [0.2, 0.25) is 0 Å². The SMILES string of the molecule is CCCc1nnsc1C(=O)Nc1ccc(C(=O)O)c(C)c1. The topological polar surface area (TPSA) is 92.2 Å². The summed E-state index contributed by atoms with van der Waals surface area (Å²) in [7, 11) is 0. The predicted molar refractivity (Wildman–Crippen MR) is 80.0 cm³/mol. The molecule has 0 aliphatic heterocycles. The first-order chi connectivity index (χ1) is 10.0. The zero-order valence-electron chi connectivity index (χ0n) is 11.7. The lowest BCUT2D eigenvalue weighted by atomic mass is 10.1. The number of carbonyl (C=O) groups excluding carboxylic acids is 1. The van der Waals surface area contributed by atoms with Crippen molar-refractivity contribution in [3.63, 3.8) is 0 Å². The molecule has 0 bridgehead atoms. The molecule has 0 aliphatic carbocycles. The van der Waals surface area contributed by atoms with E-state index in [4.69, 9.17) is 5.11 Å². The number of hydrogen-bond donors (Lipinski definition) is 2. The lowest BCUT2D eigenvalue weighted by molar-refractivity contribution is 0.0696. The summed E-state index contributed by atoms with van der Waals surface area (Å²) >= 11 is 1.06. The molecule has 110 valence electrons. The zero-order valence-corrected chi connectivity index (χ0v) is 12.5. The second-order valence-corrected chi connectivity index (χ2v) is 5.34. The Morgan fingerprint density at radius 1 is 1.38 bits per heavy atom. The maximum Gasteiger partial charge on any atom is 0.335 e. The molecule has 2 aromatic rings. The van der Waals surface area contributed by atoms with Crippen molar-refractivity contribution in [1.29, 1.82) is 0 Å². The van der Waals surface area contributed by atoms with E-state index < -0.39 is 5.97 Å². The van der Waals surface area contributed by atoms with Crippen molar-refractivity contribution >= 4 is 29.1 Å². The molecule has 0 fully saturated rings. The number of amides is 1. The van der Waals surface area contributed by atoms with Gasteiger partial charge in [0.25, 0.3) is 5.91 Å². The number of aryl methyl sites for hydroxylation is 2. The van der Waals surface area contributed by atoms with Crippen LogP contribution in [-0.4, -0.2) is 26.6 Å². The largest absolute Gasteiger partial charge is 0.478 e. The molecule has 21 heavy (non-hydrogen) atoms. The van der Waals surface area contributed by atoms with Crippen molar-refractivity contribution in [3.05, 3.63) is 39.9 Å². The molecule has 0 saturated heterocycles. The number of carboxylic acids is 1. The van der Waals surface area contributed by atoms with E-state index in [9.17, 15) is 9.59 Å². The molecule has 2 N–H and O–H groups in total. The number of benzene rings is 1. The Morgan fingerprint density at radius 3 is 2.76 bits per heavy atom.